The molecule has 1 aromatic rings. The lowest BCUT2D eigenvalue weighted by Crippen LogP contribution is -2.41. The van der Waals surface area contributed by atoms with Crippen molar-refractivity contribution in [3.05, 3.63) is 41.5 Å². The van der Waals surface area contributed by atoms with Crippen LogP contribution in [-0.4, -0.2) is 14.0 Å². The van der Waals surface area contributed by atoms with Gasteiger partial charge in [0.1, 0.15) is 0 Å². The van der Waals surface area contributed by atoms with E-state index < -0.39 is 15.7 Å². The maximum Gasteiger partial charge on any atom is 0.297 e. The lowest BCUT2D eigenvalue weighted by molar-refractivity contribution is 0.0187. The van der Waals surface area contributed by atoms with E-state index in [0.29, 0.717) is 6.42 Å². The summed E-state index contributed by atoms with van der Waals surface area (Å²) >= 11 is 0. The Kier molecular flexibility index (Phi) is 4.59. The number of aryl methyl sites for hydroxylation is 1. The minimum atomic E-state index is -3.73. The van der Waals surface area contributed by atoms with Crippen molar-refractivity contribution in [1.82, 2.24) is 0 Å². The van der Waals surface area contributed by atoms with Gasteiger partial charge in [0, 0.05) is 0 Å². The number of hydrogen-bond donors (Lipinski definition) is 0. The van der Waals surface area contributed by atoms with Crippen LogP contribution in [0.2, 0.25) is 0 Å². The molecule has 0 bridgehead atoms. The topological polar surface area (TPSA) is 43.4 Å². The van der Waals surface area contributed by atoms with Gasteiger partial charge in [0.15, 0.2) is 0 Å². The third-order valence-electron chi connectivity index (χ3n) is 4.38. The van der Waals surface area contributed by atoms with Gasteiger partial charge in [-0.15, -0.1) is 0 Å². The molecular weight excluding hydrogens is 284 g/mol. The van der Waals surface area contributed by atoms with Gasteiger partial charge < -0.3 is 0 Å². The Bertz CT molecular complexity index is 627. The Morgan fingerprint density at radius 1 is 1.14 bits per heavy atom. The molecule has 3 nitrogen and oxygen atoms in total. The first-order chi connectivity index (χ1) is 9.75. The molecule has 1 aliphatic carbocycles. The fraction of sp³-hybridized carbons (Fsp3) is 0.529. The highest BCUT2D eigenvalue weighted by molar-refractivity contribution is 7.86. The molecule has 1 aromatic carbocycles. The lowest BCUT2D eigenvalue weighted by atomic mass is 9.78. The van der Waals surface area contributed by atoms with Gasteiger partial charge in [-0.3, -0.25) is 4.18 Å². The fourth-order valence-electron chi connectivity index (χ4n) is 2.63. The molecular formula is C17H24O3S. The van der Waals surface area contributed by atoms with Crippen LogP contribution in [0, 0.1) is 12.8 Å². The standard InChI is InChI=1S/C17H24O3S/c1-13(2)17(11-9-15(4)10-12-17)20-21(18,19)16-7-5-14(3)6-8-16/h5-9,13H,10-12H2,1-4H3/t17-/m0/s1. The first kappa shape index (κ1) is 16.2. The molecule has 21 heavy (non-hydrogen) atoms. The third-order valence-corrected chi connectivity index (χ3v) is 5.78. The van der Waals surface area contributed by atoms with Crippen LogP contribution in [0.5, 0.6) is 0 Å². The van der Waals surface area contributed by atoms with E-state index in [-0.39, 0.29) is 10.8 Å². The quantitative estimate of drug-likeness (QED) is 0.617. The van der Waals surface area contributed by atoms with Crippen molar-refractivity contribution in [3.63, 3.8) is 0 Å². The van der Waals surface area contributed by atoms with Crippen molar-refractivity contribution < 1.29 is 12.6 Å². The predicted molar refractivity (Wildman–Crippen MR) is 84.6 cm³/mol. The molecule has 0 N–H and O–H groups in total. The molecule has 0 amide bonds. The Morgan fingerprint density at radius 3 is 2.24 bits per heavy atom. The van der Waals surface area contributed by atoms with Crippen LogP contribution in [-0.2, 0) is 14.3 Å². The van der Waals surface area contributed by atoms with E-state index in [1.165, 1.54) is 5.57 Å². The molecule has 0 saturated carbocycles. The highest BCUT2D eigenvalue weighted by Crippen LogP contribution is 2.39. The summed E-state index contributed by atoms with van der Waals surface area (Å²) in [5, 5.41) is 0. The SMILES string of the molecule is CC1=CC[C@@](OS(=O)(=O)c2ccc(C)cc2)(C(C)C)CC1. The van der Waals surface area contributed by atoms with Gasteiger partial charge in [0.2, 0.25) is 0 Å². The van der Waals surface area contributed by atoms with E-state index >= 15 is 0 Å². The molecule has 0 spiro atoms. The second-order valence-corrected chi connectivity index (χ2v) is 7.87. The molecule has 0 heterocycles. The summed E-state index contributed by atoms with van der Waals surface area (Å²) in [5.41, 5.74) is 1.72. The Morgan fingerprint density at radius 2 is 1.76 bits per heavy atom. The van der Waals surface area contributed by atoms with E-state index in [2.05, 4.69) is 13.0 Å². The molecule has 0 aliphatic heterocycles. The molecule has 1 atom stereocenters. The predicted octanol–water partition coefficient (Wildman–Crippen LogP) is 4.23. The minimum absolute atomic E-state index is 0.141. The van der Waals surface area contributed by atoms with Crippen molar-refractivity contribution in [3.8, 4) is 0 Å². The normalized spacial score (nSPS) is 23.2. The van der Waals surface area contributed by atoms with Crippen LogP contribution >= 0.6 is 0 Å². The lowest BCUT2D eigenvalue weighted by Gasteiger charge is -2.38. The largest absolute Gasteiger partial charge is 0.297 e. The Balaban J connectivity index is 2.30. The number of hydrogen-bond acceptors (Lipinski definition) is 3. The van der Waals surface area contributed by atoms with Crippen molar-refractivity contribution in [2.45, 2.75) is 57.5 Å². The smallest absolute Gasteiger partial charge is 0.259 e. The van der Waals surface area contributed by atoms with E-state index in [1.807, 2.05) is 20.8 Å². The van der Waals surface area contributed by atoms with E-state index in [0.717, 1.165) is 18.4 Å². The van der Waals surface area contributed by atoms with Crippen molar-refractivity contribution in [2.75, 3.05) is 0 Å². The van der Waals surface area contributed by atoms with Gasteiger partial charge in [-0.1, -0.05) is 43.2 Å². The van der Waals surface area contributed by atoms with E-state index in [4.69, 9.17) is 4.18 Å². The van der Waals surface area contributed by atoms with Gasteiger partial charge in [-0.2, -0.15) is 8.42 Å². The Labute approximate surface area is 128 Å². The maximum atomic E-state index is 12.6. The summed E-state index contributed by atoms with van der Waals surface area (Å²) in [6, 6.07) is 6.82. The summed E-state index contributed by atoms with van der Waals surface area (Å²) in [4.78, 5) is 0.236. The molecule has 0 aromatic heterocycles. The van der Waals surface area contributed by atoms with Gasteiger partial charge in [-0.05, 0) is 51.2 Å². The highest BCUT2D eigenvalue weighted by Gasteiger charge is 2.40. The number of allylic oxidation sites excluding steroid dienone is 1. The monoisotopic (exact) mass is 308 g/mol. The fourth-order valence-corrected chi connectivity index (χ4v) is 3.97. The molecule has 0 radical (unpaired) electrons. The van der Waals surface area contributed by atoms with Gasteiger partial charge in [0.05, 0.1) is 10.5 Å². The second kappa shape index (κ2) is 5.93. The molecule has 0 saturated heterocycles. The summed E-state index contributed by atoms with van der Waals surface area (Å²) in [7, 11) is -3.73. The number of benzene rings is 1. The zero-order valence-electron chi connectivity index (χ0n) is 13.2. The molecule has 116 valence electrons. The summed E-state index contributed by atoms with van der Waals surface area (Å²) in [6.45, 7) is 8.07. The van der Waals surface area contributed by atoms with Gasteiger partial charge in [0.25, 0.3) is 10.1 Å². The second-order valence-electron chi connectivity index (χ2n) is 6.32. The van der Waals surface area contributed by atoms with Gasteiger partial charge >= 0.3 is 0 Å². The summed E-state index contributed by atoms with van der Waals surface area (Å²) < 4.78 is 30.8. The first-order valence-electron chi connectivity index (χ1n) is 7.43. The van der Waals surface area contributed by atoms with Crippen LogP contribution < -0.4 is 0 Å². The number of rotatable bonds is 4. The maximum absolute atomic E-state index is 12.6. The van der Waals surface area contributed by atoms with Crippen LogP contribution in [0.4, 0.5) is 0 Å². The highest BCUT2D eigenvalue weighted by atomic mass is 32.2. The van der Waals surface area contributed by atoms with Crippen LogP contribution in [0.3, 0.4) is 0 Å². The van der Waals surface area contributed by atoms with Crippen LogP contribution in [0.15, 0.2) is 40.8 Å². The zero-order valence-corrected chi connectivity index (χ0v) is 14.0. The van der Waals surface area contributed by atoms with E-state index in [9.17, 15) is 8.42 Å². The summed E-state index contributed by atoms with van der Waals surface area (Å²) in [5.74, 6) is 0.141. The Hall–Kier alpha value is -1.13. The van der Waals surface area contributed by atoms with Gasteiger partial charge in [-0.25, -0.2) is 0 Å². The van der Waals surface area contributed by atoms with Crippen molar-refractivity contribution in [2.24, 2.45) is 5.92 Å². The third kappa shape index (κ3) is 3.55. The zero-order chi connectivity index (χ0) is 15.7. The average molecular weight is 308 g/mol. The van der Waals surface area contributed by atoms with E-state index in [1.54, 1.807) is 24.3 Å². The van der Waals surface area contributed by atoms with Crippen molar-refractivity contribution in [1.29, 1.82) is 0 Å². The molecule has 4 heteroatoms. The molecule has 0 fully saturated rings. The van der Waals surface area contributed by atoms with Crippen LogP contribution in [0.25, 0.3) is 0 Å². The first-order valence-corrected chi connectivity index (χ1v) is 8.84. The van der Waals surface area contributed by atoms with Crippen LogP contribution in [0.1, 0.15) is 45.6 Å². The van der Waals surface area contributed by atoms with Crippen molar-refractivity contribution >= 4 is 10.1 Å². The molecule has 0 unspecified atom stereocenters. The summed E-state index contributed by atoms with van der Waals surface area (Å²) in [6.07, 6.45) is 4.40. The molecule has 1 aliphatic rings. The molecule has 2 rings (SSSR count). The average Bonchev–Trinajstić information content (AvgIpc) is 2.41. The minimum Gasteiger partial charge on any atom is -0.259 e.